The molecular formula is C15H24ClN3. The molecule has 0 bridgehead atoms. The first-order chi connectivity index (χ1) is 9.10. The minimum atomic E-state index is 0.644. The molecule has 0 saturated carbocycles. The number of piperazine rings is 1. The summed E-state index contributed by atoms with van der Waals surface area (Å²) in [6, 6.07) is 6.65. The summed E-state index contributed by atoms with van der Waals surface area (Å²) >= 11 is 5.95. The smallest absolute Gasteiger partial charge is 0.0635 e. The van der Waals surface area contributed by atoms with Crippen LogP contribution in [0.25, 0.3) is 0 Å². The van der Waals surface area contributed by atoms with Gasteiger partial charge in [-0.15, -0.1) is 0 Å². The van der Waals surface area contributed by atoms with Gasteiger partial charge in [0.1, 0.15) is 0 Å². The highest BCUT2D eigenvalue weighted by Crippen LogP contribution is 2.21. The Kier molecular flexibility index (Phi) is 5.08. The van der Waals surface area contributed by atoms with Crippen LogP contribution in [0.2, 0.25) is 5.02 Å². The Labute approximate surface area is 121 Å². The van der Waals surface area contributed by atoms with Gasteiger partial charge in [-0.2, -0.15) is 0 Å². The number of rotatable bonds is 4. The Hall–Kier alpha value is -0.770. The summed E-state index contributed by atoms with van der Waals surface area (Å²) in [5, 5.41) is 0.644. The van der Waals surface area contributed by atoms with Crippen molar-refractivity contribution in [2.75, 3.05) is 31.9 Å². The first-order valence-corrected chi connectivity index (χ1v) is 7.48. The third-order valence-electron chi connectivity index (χ3n) is 4.09. The Bertz CT molecular complexity index is 414. The molecule has 106 valence electrons. The average Bonchev–Trinajstić information content (AvgIpc) is 2.43. The van der Waals surface area contributed by atoms with Crippen molar-refractivity contribution >= 4 is 17.3 Å². The molecule has 0 aromatic heterocycles. The summed E-state index contributed by atoms with van der Waals surface area (Å²) in [4.78, 5) is 5.06. The van der Waals surface area contributed by atoms with Crippen molar-refractivity contribution in [3.63, 3.8) is 0 Å². The zero-order valence-electron chi connectivity index (χ0n) is 11.9. The summed E-state index contributed by atoms with van der Waals surface area (Å²) in [5.74, 6) is 0. The van der Waals surface area contributed by atoms with E-state index in [1.54, 1.807) is 0 Å². The first-order valence-electron chi connectivity index (χ1n) is 7.10. The quantitative estimate of drug-likeness (QED) is 0.862. The molecule has 2 rings (SSSR count). The zero-order valence-corrected chi connectivity index (χ0v) is 12.7. The maximum absolute atomic E-state index is 5.95. The molecule has 1 heterocycles. The van der Waals surface area contributed by atoms with Gasteiger partial charge in [0.15, 0.2) is 0 Å². The number of nitrogens with zero attached hydrogens (tertiary/aromatic N) is 2. The number of nitrogen functional groups attached to an aromatic ring is 1. The number of hydrogen-bond donors (Lipinski definition) is 1. The van der Waals surface area contributed by atoms with Crippen LogP contribution in [0.5, 0.6) is 0 Å². The van der Waals surface area contributed by atoms with Gasteiger partial charge in [0.25, 0.3) is 0 Å². The molecule has 0 spiro atoms. The average molecular weight is 282 g/mol. The third kappa shape index (κ3) is 3.85. The summed E-state index contributed by atoms with van der Waals surface area (Å²) < 4.78 is 0. The van der Waals surface area contributed by atoms with E-state index in [2.05, 4.69) is 29.7 Å². The number of benzene rings is 1. The van der Waals surface area contributed by atoms with Crippen LogP contribution in [-0.4, -0.2) is 42.0 Å². The van der Waals surface area contributed by atoms with Crippen LogP contribution in [0.4, 0.5) is 5.69 Å². The minimum Gasteiger partial charge on any atom is -0.398 e. The molecule has 1 aromatic carbocycles. The Morgan fingerprint density at radius 3 is 2.53 bits per heavy atom. The Balaban J connectivity index is 1.87. The van der Waals surface area contributed by atoms with Gasteiger partial charge in [-0.1, -0.05) is 24.6 Å². The lowest BCUT2D eigenvalue weighted by atomic mass is 10.1. The van der Waals surface area contributed by atoms with Gasteiger partial charge in [0, 0.05) is 38.8 Å². The second kappa shape index (κ2) is 6.60. The van der Waals surface area contributed by atoms with Crippen LogP contribution in [0.3, 0.4) is 0 Å². The van der Waals surface area contributed by atoms with Crippen molar-refractivity contribution in [1.29, 1.82) is 0 Å². The fourth-order valence-electron chi connectivity index (χ4n) is 2.57. The molecular weight excluding hydrogens is 258 g/mol. The predicted molar refractivity (Wildman–Crippen MR) is 82.5 cm³/mol. The SMILES string of the molecule is CCC(C)N1CCN(Cc2ccc(Cl)c(N)c2)CC1. The van der Waals surface area contributed by atoms with Gasteiger partial charge >= 0.3 is 0 Å². The van der Waals surface area contributed by atoms with E-state index in [1.807, 2.05) is 12.1 Å². The normalized spacial score (nSPS) is 19.5. The molecule has 1 atom stereocenters. The van der Waals surface area contributed by atoms with Crippen LogP contribution < -0.4 is 5.73 Å². The van der Waals surface area contributed by atoms with Gasteiger partial charge in [-0.05, 0) is 31.0 Å². The molecule has 1 aliphatic rings. The summed E-state index contributed by atoms with van der Waals surface area (Å²) in [6.45, 7) is 10.1. The lowest BCUT2D eigenvalue weighted by Crippen LogP contribution is -2.48. The molecule has 0 aliphatic carbocycles. The topological polar surface area (TPSA) is 32.5 Å². The summed E-state index contributed by atoms with van der Waals surface area (Å²) in [5.41, 5.74) is 7.77. The van der Waals surface area contributed by atoms with Crippen LogP contribution in [-0.2, 0) is 6.54 Å². The highest BCUT2D eigenvalue weighted by atomic mass is 35.5. The van der Waals surface area contributed by atoms with E-state index in [4.69, 9.17) is 17.3 Å². The molecule has 1 aromatic rings. The van der Waals surface area contributed by atoms with Crippen molar-refractivity contribution in [2.24, 2.45) is 0 Å². The second-order valence-corrected chi connectivity index (χ2v) is 5.83. The van der Waals surface area contributed by atoms with E-state index in [1.165, 1.54) is 12.0 Å². The summed E-state index contributed by atoms with van der Waals surface area (Å²) in [6.07, 6.45) is 1.23. The lowest BCUT2D eigenvalue weighted by Gasteiger charge is -2.37. The van der Waals surface area contributed by atoms with Gasteiger partial charge in [0.05, 0.1) is 10.7 Å². The molecule has 19 heavy (non-hydrogen) atoms. The predicted octanol–water partition coefficient (Wildman–Crippen LogP) is 2.84. The molecule has 0 amide bonds. The minimum absolute atomic E-state index is 0.644. The van der Waals surface area contributed by atoms with Gasteiger partial charge in [0.2, 0.25) is 0 Å². The fraction of sp³-hybridized carbons (Fsp3) is 0.600. The molecule has 1 unspecified atom stereocenters. The third-order valence-corrected chi connectivity index (χ3v) is 4.43. The Morgan fingerprint density at radius 2 is 1.95 bits per heavy atom. The highest BCUT2D eigenvalue weighted by Gasteiger charge is 2.20. The Morgan fingerprint density at radius 1 is 1.26 bits per heavy atom. The largest absolute Gasteiger partial charge is 0.398 e. The fourth-order valence-corrected chi connectivity index (χ4v) is 2.69. The van der Waals surface area contributed by atoms with Gasteiger partial charge in [-0.25, -0.2) is 0 Å². The number of nitrogens with two attached hydrogens (primary N) is 1. The van der Waals surface area contributed by atoms with E-state index < -0.39 is 0 Å². The van der Waals surface area contributed by atoms with Crippen LogP contribution in [0.1, 0.15) is 25.8 Å². The van der Waals surface area contributed by atoms with E-state index in [-0.39, 0.29) is 0 Å². The lowest BCUT2D eigenvalue weighted by molar-refractivity contribution is 0.0964. The van der Waals surface area contributed by atoms with E-state index in [0.717, 1.165) is 32.7 Å². The summed E-state index contributed by atoms with van der Waals surface area (Å²) in [7, 11) is 0. The van der Waals surface area contributed by atoms with E-state index in [0.29, 0.717) is 16.8 Å². The number of hydrogen-bond acceptors (Lipinski definition) is 3. The molecule has 0 radical (unpaired) electrons. The molecule has 3 nitrogen and oxygen atoms in total. The molecule has 1 fully saturated rings. The first kappa shape index (κ1) is 14.6. The van der Waals surface area contributed by atoms with Crippen molar-refractivity contribution in [3.8, 4) is 0 Å². The maximum atomic E-state index is 5.95. The molecule has 4 heteroatoms. The standard InChI is InChI=1S/C15H24ClN3/c1-3-12(2)19-8-6-18(7-9-19)11-13-4-5-14(16)15(17)10-13/h4-5,10,12H,3,6-9,11,17H2,1-2H3. The van der Waals surface area contributed by atoms with Crippen LogP contribution >= 0.6 is 11.6 Å². The molecule has 2 N–H and O–H groups in total. The van der Waals surface area contributed by atoms with Crippen molar-refractivity contribution in [2.45, 2.75) is 32.9 Å². The number of halogens is 1. The van der Waals surface area contributed by atoms with Crippen molar-refractivity contribution in [1.82, 2.24) is 9.80 Å². The van der Waals surface area contributed by atoms with Crippen molar-refractivity contribution < 1.29 is 0 Å². The maximum Gasteiger partial charge on any atom is 0.0635 e. The number of anilines is 1. The van der Waals surface area contributed by atoms with Crippen LogP contribution in [0.15, 0.2) is 18.2 Å². The van der Waals surface area contributed by atoms with E-state index >= 15 is 0 Å². The van der Waals surface area contributed by atoms with E-state index in [9.17, 15) is 0 Å². The highest BCUT2D eigenvalue weighted by molar-refractivity contribution is 6.33. The molecule has 1 saturated heterocycles. The second-order valence-electron chi connectivity index (χ2n) is 5.43. The monoisotopic (exact) mass is 281 g/mol. The van der Waals surface area contributed by atoms with Crippen molar-refractivity contribution in [3.05, 3.63) is 28.8 Å². The van der Waals surface area contributed by atoms with Gasteiger partial charge in [-0.3, -0.25) is 9.80 Å². The van der Waals surface area contributed by atoms with Crippen LogP contribution in [0, 0.1) is 0 Å². The van der Waals surface area contributed by atoms with Gasteiger partial charge < -0.3 is 5.73 Å². The molecule has 1 aliphatic heterocycles. The zero-order chi connectivity index (χ0) is 13.8.